The second-order valence-corrected chi connectivity index (χ2v) is 6.47. The van der Waals surface area contributed by atoms with Crippen LogP contribution in [0.25, 0.3) is 11.3 Å². The van der Waals surface area contributed by atoms with Crippen molar-refractivity contribution < 1.29 is 5.11 Å². The van der Waals surface area contributed by atoms with Crippen molar-refractivity contribution in [2.75, 3.05) is 13.1 Å². The average molecular weight is 290 g/mol. The predicted octanol–water partition coefficient (Wildman–Crippen LogP) is 2.94. The summed E-state index contributed by atoms with van der Waals surface area (Å²) in [5.41, 5.74) is 3.55. The molecule has 2 N–H and O–H groups in total. The first kappa shape index (κ1) is 15.2. The van der Waals surface area contributed by atoms with Gasteiger partial charge in [0.05, 0.1) is 16.8 Å². The summed E-state index contributed by atoms with van der Waals surface area (Å²) in [4.78, 5) is 6.01. The molecule has 0 aliphatic rings. The molecule has 1 aromatic heterocycles. The molecular weight excluding hydrogens is 268 g/mol. The quantitative estimate of drug-likeness (QED) is 0.804. The Bertz CT molecular complexity index is 546. The Morgan fingerprint density at radius 1 is 1.25 bits per heavy atom. The maximum Gasteiger partial charge on any atom is 0.0948 e. The van der Waals surface area contributed by atoms with E-state index in [-0.39, 0.29) is 6.10 Å². The molecule has 2 rings (SSSR count). The Kier molecular flexibility index (Phi) is 5.29. The molecule has 0 spiro atoms. The number of nitrogens with zero attached hydrogens (tertiary/aromatic N) is 1. The number of hydrogen-bond donors (Lipinski definition) is 2. The van der Waals surface area contributed by atoms with Crippen molar-refractivity contribution in [2.45, 2.75) is 33.3 Å². The molecule has 0 bridgehead atoms. The first-order valence-electron chi connectivity index (χ1n) is 6.98. The number of aliphatic hydroxyl groups excluding tert-OH is 1. The molecule has 1 heterocycles. The first-order valence-corrected chi connectivity index (χ1v) is 7.80. The maximum atomic E-state index is 9.19. The lowest BCUT2D eigenvalue weighted by Crippen LogP contribution is -2.26. The summed E-state index contributed by atoms with van der Waals surface area (Å²) in [6.07, 6.45) is 0.612. The van der Waals surface area contributed by atoms with E-state index in [9.17, 15) is 5.11 Å². The van der Waals surface area contributed by atoms with Gasteiger partial charge < -0.3 is 10.4 Å². The van der Waals surface area contributed by atoms with E-state index in [1.807, 2.05) is 0 Å². The van der Waals surface area contributed by atoms with E-state index in [0.717, 1.165) is 23.7 Å². The zero-order valence-corrected chi connectivity index (χ0v) is 13.1. The molecule has 0 aliphatic carbocycles. The van der Waals surface area contributed by atoms with Gasteiger partial charge in [0.1, 0.15) is 0 Å². The summed E-state index contributed by atoms with van der Waals surface area (Å²) in [5.74, 6) is 0. The lowest BCUT2D eigenvalue weighted by molar-refractivity contribution is 0.191. The lowest BCUT2D eigenvalue weighted by atomic mass is 10.1. The maximum absolute atomic E-state index is 9.19. The minimum Gasteiger partial charge on any atom is -0.392 e. The zero-order chi connectivity index (χ0) is 14.5. The molecule has 0 saturated carbocycles. The van der Waals surface area contributed by atoms with Gasteiger partial charge in [-0.2, -0.15) is 0 Å². The van der Waals surface area contributed by atoms with Gasteiger partial charge in [0.2, 0.25) is 0 Å². The van der Waals surface area contributed by atoms with Gasteiger partial charge in [-0.15, -0.1) is 11.3 Å². The van der Waals surface area contributed by atoms with Crippen LogP contribution in [0.15, 0.2) is 24.3 Å². The van der Waals surface area contributed by atoms with Crippen LogP contribution in [0.2, 0.25) is 0 Å². The number of aliphatic hydroxyl groups is 1. The van der Waals surface area contributed by atoms with Crippen LogP contribution >= 0.6 is 11.3 Å². The van der Waals surface area contributed by atoms with E-state index < -0.39 is 0 Å². The van der Waals surface area contributed by atoms with Gasteiger partial charge in [-0.05, 0) is 20.8 Å². The Hall–Kier alpha value is -1.23. The molecule has 2 aromatic rings. The molecule has 3 nitrogen and oxygen atoms in total. The van der Waals surface area contributed by atoms with Crippen LogP contribution in [0.4, 0.5) is 0 Å². The van der Waals surface area contributed by atoms with E-state index >= 15 is 0 Å². The summed E-state index contributed by atoms with van der Waals surface area (Å²) in [6.45, 7) is 7.49. The molecule has 108 valence electrons. The third kappa shape index (κ3) is 4.13. The topological polar surface area (TPSA) is 45.2 Å². The molecule has 1 atom stereocenters. The molecule has 0 saturated heterocycles. The van der Waals surface area contributed by atoms with Crippen LogP contribution in [-0.2, 0) is 6.42 Å². The van der Waals surface area contributed by atoms with Crippen LogP contribution in [0.1, 0.15) is 22.4 Å². The van der Waals surface area contributed by atoms with Gasteiger partial charge in [-0.3, -0.25) is 0 Å². The van der Waals surface area contributed by atoms with Crippen molar-refractivity contribution in [3.8, 4) is 11.3 Å². The van der Waals surface area contributed by atoms with E-state index in [1.54, 1.807) is 18.3 Å². The van der Waals surface area contributed by atoms with E-state index in [2.05, 4.69) is 43.4 Å². The Labute approximate surface area is 124 Å². The summed E-state index contributed by atoms with van der Waals surface area (Å²) in [6, 6.07) is 8.51. The second kappa shape index (κ2) is 6.97. The highest BCUT2D eigenvalue weighted by Gasteiger charge is 2.09. The molecule has 0 aliphatic heterocycles. The van der Waals surface area contributed by atoms with Crippen LogP contribution in [0.5, 0.6) is 0 Å². The molecule has 1 unspecified atom stereocenters. The number of thiazole rings is 1. The molecule has 4 heteroatoms. The molecule has 1 aromatic carbocycles. The first-order chi connectivity index (χ1) is 9.56. The van der Waals surface area contributed by atoms with Crippen molar-refractivity contribution >= 4 is 11.3 Å². The van der Waals surface area contributed by atoms with Gasteiger partial charge in [-0.25, -0.2) is 4.98 Å². The smallest absolute Gasteiger partial charge is 0.0948 e. The lowest BCUT2D eigenvalue weighted by Gasteiger charge is -2.04. The zero-order valence-electron chi connectivity index (χ0n) is 12.3. The fraction of sp³-hybridized carbons (Fsp3) is 0.438. The number of aromatic nitrogens is 1. The molecular formula is C16H22N2OS. The fourth-order valence-electron chi connectivity index (χ4n) is 2.04. The van der Waals surface area contributed by atoms with Crippen LogP contribution in [-0.4, -0.2) is 29.3 Å². The van der Waals surface area contributed by atoms with Crippen molar-refractivity contribution in [1.82, 2.24) is 10.3 Å². The van der Waals surface area contributed by atoms with Crippen molar-refractivity contribution in [3.63, 3.8) is 0 Å². The van der Waals surface area contributed by atoms with Crippen molar-refractivity contribution in [2.24, 2.45) is 0 Å². The largest absolute Gasteiger partial charge is 0.392 e. The van der Waals surface area contributed by atoms with Crippen molar-refractivity contribution in [3.05, 3.63) is 39.7 Å². The Morgan fingerprint density at radius 2 is 1.95 bits per heavy atom. The SMILES string of the molecule is Cc1ccc(-c2nc(CCNCC(C)O)sc2C)cc1. The van der Waals surface area contributed by atoms with Gasteiger partial charge in [0.15, 0.2) is 0 Å². The number of rotatable bonds is 6. The standard InChI is InChI=1S/C16H22N2OS/c1-11-4-6-14(7-5-11)16-13(3)20-15(18-16)8-9-17-10-12(2)19/h4-7,12,17,19H,8-10H2,1-3H3. The summed E-state index contributed by atoms with van der Waals surface area (Å²) >= 11 is 1.76. The predicted molar refractivity (Wildman–Crippen MR) is 85.3 cm³/mol. The van der Waals surface area contributed by atoms with E-state index in [1.165, 1.54) is 16.0 Å². The highest BCUT2D eigenvalue weighted by Crippen LogP contribution is 2.27. The van der Waals surface area contributed by atoms with E-state index in [0.29, 0.717) is 6.54 Å². The second-order valence-electron chi connectivity index (χ2n) is 5.18. The van der Waals surface area contributed by atoms with Gasteiger partial charge in [-0.1, -0.05) is 29.8 Å². The van der Waals surface area contributed by atoms with Crippen LogP contribution in [0, 0.1) is 13.8 Å². The van der Waals surface area contributed by atoms with Gasteiger partial charge in [0, 0.05) is 30.0 Å². The minimum atomic E-state index is -0.295. The summed E-state index contributed by atoms with van der Waals surface area (Å²) < 4.78 is 0. The third-order valence-corrected chi connectivity index (χ3v) is 4.15. The number of nitrogens with one attached hydrogen (secondary N) is 1. The van der Waals surface area contributed by atoms with Crippen LogP contribution in [0.3, 0.4) is 0 Å². The van der Waals surface area contributed by atoms with Crippen molar-refractivity contribution in [1.29, 1.82) is 0 Å². The highest BCUT2D eigenvalue weighted by molar-refractivity contribution is 7.12. The summed E-state index contributed by atoms with van der Waals surface area (Å²) in [7, 11) is 0. The molecule has 0 amide bonds. The van der Waals surface area contributed by atoms with Gasteiger partial charge in [0.25, 0.3) is 0 Å². The van der Waals surface area contributed by atoms with E-state index in [4.69, 9.17) is 4.98 Å². The average Bonchev–Trinajstić information content (AvgIpc) is 2.77. The van der Waals surface area contributed by atoms with Gasteiger partial charge >= 0.3 is 0 Å². The Morgan fingerprint density at radius 3 is 2.60 bits per heavy atom. The monoisotopic (exact) mass is 290 g/mol. The number of aryl methyl sites for hydroxylation is 2. The third-order valence-electron chi connectivity index (χ3n) is 3.12. The molecule has 0 radical (unpaired) electrons. The minimum absolute atomic E-state index is 0.295. The highest BCUT2D eigenvalue weighted by atomic mass is 32.1. The Balaban J connectivity index is 2.00. The molecule has 20 heavy (non-hydrogen) atoms. The van der Waals surface area contributed by atoms with Crippen LogP contribution < -0.4 is 5.32 Å². The fourth-order valence-corrected chi connectivity index (χ4v) is 3.00. The summed E-state index contributed by atoms with van der Waals surface area (Å²) in [5, 5.41) is 13.6. The molecule has 0 fully saturated rings. The number of hydrogen-bond acceptors (Lipinski definition) is 4. The normalized spacial score (nSPS) is 12.6. The number of benzene rings is 1.